The zero-order valence-electron chi connectivity index (χ0n) is 11.9. The summed E-state index contributed by atoms with van der Waals surface area (Å²) >= 11 is 1.71. The molecular formula is C15H22N2O2S. The zero-order valence-corrected chi connectivity index (χ0v) is 12.7. The lowest BCUT2D eigenvalue weighted by Gasteiger charge is -2.24. The normalized spacial score (nSPS) is 30.4. The molecule has 0 aliphatic carbocycles. The minimum atomic E-state index is -0.0356. The van der Waals surface area contributed by atoms with Crippen LogP contribution in [0.15, 0.2) is 17.5 Å². The molecule has 3 atom stereocenters. The lowest BCUT2D eigenvalue weighted by atomic mass is 10.1. The Bertz CT molecular complexity index is 443. The molecule has 2 fully saturated rings. The van der Waals surface area contributed by atoms with Crippen LogP contribution in [0, 0.1) is 0 Å². The highest BCUT2D eigenvalue weighted by Gasteiger charge is 2.39. The molecule has 110 valence electrons. The van der Waals surface area contributed by atoms with E-state index < -0.39 is 0 Å². The van der Waals surface area contributed by atoms with E-state index in [1.807, 2.05) is 11.0 Å². The smallest absolute Gasteiger partial charge is 0.241 e. The van der Waals surface area contributed by atoms with Crippen LogP contribution in [0.3, 0.4) is 0 Å². The Hall–Kier alpha value is -0.910. The van der Waals surface area contributed by atoms with Gasteiger partial charge in [0.15, 0.2) is 0 Å². The summed E-state index contributed by atoms with van der Waals surface area (Å²) in [7, 11) is 0. The Kier molecular flexibility index (Phi) is 4.38. The Morgan fingerprint density at radius 2 is 2.45 bits per heavy atom. The third-order valence-electron chi connectivity index (χ3n) is 4.19. The van der Waals surface area contributed by atoms with E-state index in [9.17, 15) is 4.79 Å². The number of hydrogen-bond acceptors (Lipinski definition) is 4. The van der Waals surface area contributed by atoms with Crippen molar-refractivity contribution in [2.45, 2.75) is 50.9 Å². The van der Waals surface area contributed by atoms with Gasteiger partial charge in [-0.15, -0.1) is 11.3 Å². The summed E-state index contributed by atoms with van der Waals surface area (Å²) in [6.07, 6.45) is 4.48. The van der Waals surface area contributed by atoms with Crippen LogP contribution in [0.2, 0.25) is 0 Å². The molecular weight excluding hydrogens is 272 g/mol. The molecule has 20 heavy (non-hydrogen) atoms. The van der Waals surface area contributed by atoms with Gasteiger partial charge in [0.2, 0.25) is 5.91 Å². The second-order valence-electron chi connectivity index (χ2n) is 5.50. The molecule has 2 saturated heterocycles. The Labute approximate surface area is 124 Å². The number of carbonyl (C=O) groups is 1. The van der Waals surface area contributed by atoms with Gasteiger partial charge in [-0.25, -0.2) is 0 Å². The maximum Gasteiger partial charge on any atom is 0.241 e. The molecule has 0 bridgehead atoms. The summed E-state index contributed by atoms with van der Waals surface area (Å²) in [4.78, 5) is 15.7. The Morgan fingerprint density at radius 3 is 3.10 bits per heavy atom. The quantitative estimate of drug-likeness (QED) is 0.907. The van der Waals surface area contributed by atoms with Gasteiger partial charge in [-0.3, -0.25) is 10.1 Å². The van der Waals surface area contributed by atoms with E-state index in [1.165, 1.54) is 4.88 Å². The third kappa shape index (κ3) is 2.75. The van der Waals surface area contributed by atoms with Gasteiger partial charge in [0.25, 0.3) is 0 Å². The van der Waals surface area contributed by atoms with Crippen molar-refractivity contribution in [3.63, 3.8) is 0 Å². The predicted octanol–water partition coefficient (Wildman–Crippen LogP) is 2.53. The van der Waals surface area contributed by atoms with E-state index >= 15 is 0 Å². The number of rotatable bonds is 5. The second kappa shape index (κ2) is 6.24. The summed E-state index contributed by atoms with van der Waals surface area (Å²) in [6.45, 7) is 3.73. The first-order valence-electron chi connectivity index (χ1n) is 7.51. The van der Waals surface area contributed by atoms with E-state index in [0.29, 0.717) is 6.10 Å². The molecule has 1 N–H and O–H groups in total. The van der Waals surface area contributed by atoms with Gasteiger partial charge in [0.05, 0.1) is 12.1 Å². The summed E-state index contributed by atoms with van der Waals surface area (Å²) in [5, 5.41) is 5.53. The first kappa shape index (κ1) is 14.0. The predicted molar refractivity (Wildman–Crippen MR) is 79.6 cm³/mol. The van der Waals surface area contributed by atoms with Gasteiger partial charge >= 0.3 is 0 Å². The largest absolute Gasteiger partial charge is 0.378 e. The van der Waals surface area contributed by atoms with Crippen molar-refractivity contribution >= 4 is 17.2 Å². The average Bonchev–Trinajstić information content (AvgIpc) is 3.18. The lowest BCUT2D eigenvalue weighted by Crippen LogP contribution is -2.33. The van der Waals surface area contributed by atoms with E-state index in [0.717, 1.165) is 38.8 Å². The van der Waals surface area contributed by atoms with Crippen molar-refractivity contribution in [3.05, 3.63) is 22.4 Å². The fraction of sp³-hybridized carbons (Fsp3) is 0.667. The van der Waals surface area contributed by atoms with Crippen molar-refractivity contribution in [2.24, 2.45) is 0 Å². The monoisotopic (exact) mass is 294 g/mol. The molecule has 3 rings (SSSR count). The van der Waals surface area contributed by atoms with Crippen LogP contribution in [0.4, 0.5) is 0 Å². The minimum absolute atomic E-state index is 0.0356. The molecule has 0 spiro atoms. The van der Waals surface area contributed by atoms with Gasteiger partial charge in [-0.2, -0.15) is 0 Å². The van der Waals surface area contributed by atoms with Crippen LogP contribution >= 0.6 is 11.3 Å². The van der Waals surface area contributed by atoms with Crippen LogP contribution in [0.25, 0.3) is 0 Å². The molecule has 0 radical (unpaired) electrons. The van der Waals surface area contributed by atoms with E-state index in [1.54, 1.807) is 11.3 Å². The van der Waals surface area contributed by atoms with E-state index in [2.05, 4.69) is 23.7 Å². The minimum Gasteiger partial charge on any atom is -0.378 e. The maximum atomic E-state index is 12.5. The first-order chi connectivity index (χ1) is 9.79. The van der Waals surface area contributed by atoms with Crippen LogP contribution in [0.5, 0.6) is 0 Å². The van der Waals surface area contributed by atoms with E-state index in [4.69, 9.17) is 4.74 Å². The van der Waals surface area contributed by atoms with Crippen molar-refractivity contribution in [3.8, 4) is 0 Å². The molecule has 3 heterocycles. The summed E-state index contributed by atoms with van der Waals surface area (Å²) in [5.41, 5.74) is 0. The Balaban J connectivity index is 1.68. The molecule has 5 heteroatoms. The number of carbonyl (C=O) groups excluding carboxylic acids is 1. The highest BCUT2D eigenvalue weighted by atomic mass is 32.1. The molecule has 1 aromatic rings. The van der Waals surface area contributed by atoms with Crippen LogP contribution in [-0.2, 0) is 9.53 Å². The van der Waals surface area contributed by atoms with Crippen molar-refractivity contribution in [1.82, 2.24) is 10.2 Å². The van der Waals surface area contributed by atoms with Gasteiger partial charge in [0.1, 0.15) is 6.17 Å². The lowest BCUT2D eigenvalue weighted by molar-refractivity contribution is -0.130. The van der Waals surface area contributed by atoms with Crippen LogP contribution in [0.1, 0.15) is 43.6 Å². The van der Waals surface area contributed by atoms with Crippen molar-refractivity contribution < 1.29 is 9.53 Å². The van der Waals surface area contributed by atoms with Gasteiger partial charge < -0.3 is 9.64 Å². The molecule has 2 aliphatic heterocycles. The van der Waals surface area contributed by atoms with Crippen molar-refractivity contribution in [1.29, 1.82) is 0 Å². The summed E-state index contributed by atoms with van der Waals surface area (Å²) in [6, 6.07) is 4.11. The first-order valence-corrected chi connectivity index (χ1v) is 8.39. The van der Waals surface area contributed by atoms with Crippen LogP contribution in [-0.4, -0.2) is 36.1 Å². The molecule has 4 nitrogen and oxygen atoms in total. The summed E-state index contributed by atoms with van der Waals surface area (Å²) in [5.74, 6) is 0.240. The number of nitrogens with one attached hydrogen (secondary N) is 1. The molecule has 1 amide bonds. The van der Waals surface area contributed by atoms with E-state index in [-0.39, 0.29) is 18.1 Å². The van der Waals surface area contributed by atoms with Gasteiger partial charge in [0, 0.05) is 18.0 Å². The zero-order chi connectivity index (χ0) is 13.9. The van der Waals surface area contributed by atoms with Crippen LogP contribution < -0.4 is 5.32 Å². The number of ether oxygens (including phenoxy) is 1. The SMILES string of the molecule is CCC1NC(c2cccs2)N(CCC2CCCO2)C1=O. The molecule has 3 unspecified atom stereocenters. The molecule has 0 aromatic carbocycles. The highest BCUT2D eigenvalue weighted by molar-refractivity contribution is 7.10. The molecule has 0 saturated carbocycles. The topological polar surface area (TPSA) is 41.6 Å². The molecule has 1 aromatic heterocycles. The number of nitrogens with zero attached hydrogens (tertiary/aromatic N) is 1. The Morgan fingerprint density at radius 1 is 1.55 bits per heavy atom. The number of thiophene rings is 1. The van der Waals surface area contributed by atoms with Gasteiger partial charge in [-0.05, 0) is 37.1 Å². The highest BCUT2D eigenvalue weighted by Crippen LogP contribution is 2.30. The second-order valence-corrected chi connectivity index (χ2v) is 6.48. The summed E-state index contributed by atoms with van der Waals surface area (Å²) < 4.78 is 5.67. The maximum absolute atomic E-state index is 12.5. The standard InChI is InChI=1S/C15H22N2O2S/c1-2-12-15(18)17(8-7-11-5-3-9-19-11)14(16-12)13-6-4-10-20-13/h4,6,10-12,14,16H,2-3,5,7-9H2,1H3. The average molecular weight is 294 g/mol. The number of hydrogen-bond donors (Lipinski definition) is 1. The fourth-order valence-corrected chi connectivity index (χ4v) is 3.84. The number of amides is 1. The fourth-order valence-electron chi connectivity index (χ4n) is 3.05. The third-order valence-corrected chi connectivity index (χ3v) is 5.11. The molecule has 2 aliphatic rings. The van der Waals surface area contributed by atoms with Gasteiger partial charge in [-0.1, -0.05) is 13.0 Å². The van der Waals surface area contributed by atoms with Crippen molar-refractivity contribution in [2.75, 3.05) is 13.2 Å².